The Bertz CT molecular complexity index is 919. The van der Waals surface area contributed by atoms with Crippen LogP contribution in [-0.4, -0.2) is 34.4 Å². The van der Waals surface area contributed by atoms with E-state index in [0.717, 1.165) is 36.1 Å². The average molecular weight is 394 g/mol. The van der Waals surface area contributed by atoms with E-state index in [4.69, 9.17) is 9.94 Å². The van der Waals surface area contributed by atoms with Gasteiger partial charge in [-0.25, -0.2) is 5.48 Å². The number of nitrogens with one attached hydrogen (secondary N) is 1. The number of benzene rings is 2. The number of fused-ring (bicyclic) bond motifs is 1. The van der Waals surface area contributed by atoms with E-state index in [2.05, 4.69) is 30.0 Å². The third-order valence-electron chi connectivity index (χ3n) is 6.00. The van der Waals surface area contributed by atoms with Gasteiger partial charge < -0.3 is 14.7 Å². The van der Waals surface area contributed by atoms with E-state index in [1.165, 1.54) is 0 Å². The fourth-order valence-electron chi connectivity index (χ4n) is 4.57. The molecule has 0 spiro atoms. The van der Waals surface area contributed by atoms with Crippen LogP contribution in [0.4, 0.5) is 5.69 Å². The molecule has 1 aliphatic heterocycles. The van der Waals surface area contributed by atoms with Crippen molar-refractivity contribution in [3.63, 3.8) is 0 Å². The second-order valence-electron chi connectivity index (χ2n) is 7.89. The molecule has 3 N–H and O–H groups in total. The molecule has 152 valence electrons. The third kappa shape index (κ3) is 3.68. The van der Waals surface area contributed by atoms with Gasteiger partial charge in [-0.15, -0.1) is 0 Å². The van der Waals surface area contributed by atoms with Crippen LogP contribution in [0.25, 0.3) is 5.57 Å². The molecule has 0 radical (unpaired) electrons. The van der Waals surface area contributed by atoms with Crippen LogP contribution < -0.4 is 15.1 Å². The number of hydroxylamine groups is 1. The summed E-state index contributed by atoms with van der Waals surface area (Å²) in [6, 6.07) is 15.0. The number of carbonyl (C=O) groups is 1. The molecular weight excluding hydrogens is 368 g/mol. The van der Waals surface area contributed by atoms with Gasteiger partial charge in [0.1, 0.15) is 18.1 Å². The molecule has 1 saturated carbocycles. The second kappa shape index (κ2) is 7.79. The lowest BCUT2D eigenvalue weighted by atomic mass is 9.71. The lowest BCUT2D eigenvalue weighted by molar-refractivity contribution is -0.131. The van der Waals surface area contributed by atoms with Gasteiger partial charge >= 0.3 is 0 Å². The molecule has 6 heteroatoms. The number of ether oxygens (including phenoxy) is 1. The summed E-state index contributed by atoms with van der Waals surface area (Å²) in [4.78, 5) is 14.3. The molecule has 2 aromatic rings. The van der Waals surface area contributed by atoms with Crippen LogP contribution in [-0.2, 0) is 4.79 Å². The monoisotopic (exact) mass is 394 g/mol. The summed E-state index contributed by atoms with van der Waals surface area (Å²) in [5, 5.41) is 18.5. The standard InChI is InChI=1S/C23H26N2O4/c1-16-13-17(15-29-19-9-7-18(26)8-10-19)20-5-2-3-6-21(20)25(16)23(11-4-12-23)14-22(27)24-28/h2-3,5-10,13,16,26,28H,4,11-12,14-15H2,1H3,(H,24,27). The maximum Gasteiger partial charge on any atom is 0.245 e. The van der Waals surface area contributed by atoms with E-state index >= 15 is 0 Å². The van der Waals surface area contributed by atoms with Crippen LogP contribution in [0.1, 0.15) is 38.2 Å². The van der Waals surface area contributed by atoms with Crippen LogP contribution >= 0.6 is 0 Å². The number of amides is 1. The SMILES string of the molecule is CC1C=C(COc2ccc(O)cc2)c2ccccc2N1C1(CC(=O)NO)CCC1. The van der Waals surface area contributed by atoms with Gasteiger partial charge in [0.2, 0.25) is 5.91 Å². The summed E-state index contributed by atoms with van der Waals surface area (Å²) in [6.45, 7) is 2.55. The fourth-order valence-corrected chi connectivity index (χ4v) is 4.57. The number of hydrogen-bond donors (Lipinski definition) is 3. The first kappa shape index (κ1) is 19.3. The van der Waals surface area contributed by atoms with Gasteiger partial charge in [-0.2, -0.15) is 0 Å². The quantitative estimate of drug-likeness (QED) is 0.512. The van der Waals surface area contributed by atoms with Crippen molar-refractivity contribution in [2.75, 3.05) is 11.5 Å². The summed E-state index contributed by atoms with van der Waals surface area (Å²) < 4.78 is 5.95. The van der Waals surface area contributed by atoms with Gasteiger partial charge in [0.25, 0.3) is 0 Å². The Kier molecular flexibility index (Phi) is 5.20. The molecule has 2 aromatic carbocycles. The van der Waals surface area contributed by atoms with Crippen LogP contribution in [0.3, 0.4) is 0 Å². The molecule has 6 nitrogen and oxygen atoms in total. The number of phenols is 1. The summed E-state index contributed by atoms with van der Waals surface area (Å²) in [6.07, 6.45) is 5.39. The smallest absolute Gasteiger partial charge is 0.245 e. The molecule has 0 aromatic heterocycles. The number of aromatic hydroxyl groups is 1. The van der Waals surface area contributed by atoms with Crippen molar-refractivity contribution >= 4 is 17.2 Å². The molecular formula is C23H26N2O4. The van der Waals surface area contributed by atoms with Crippen molar-refractivity contribution in [1.29, 1.82) is 0 Å². The minimum Gasteiger partial charge on any atom is -0.508 e. The number of para-hydroxylation sites is 1. The Morgan fingerprint density at radius 1 is 1.21 bits per heavy atom. The first-order valence-electron chi connectivity index (χ1n) is 9.97. The highest BCUT2D eigenvalue weighted by atomic mass is 16.5. The van der Waals surface area contributed by atoms with E-state index < -0.39 is 0 Å². The van der Waals surface area contributed by atoms with Crippen LogP contribution in [0.2, 0.25) is 0 Å². The van der Waals surface area contributed by atoms with Gasteiger partial charge in [0.15, 0.2) is 0 Å². The van der Waals surface area contributed by atoms with Crippen molar-refractivity contribution in [2.45, 2.75) is 44.2 Å². The predicted molar refractivity (Wildman–Crippen MR) is 111 cm³/mol. The Morgan fingerprint density at radius 2 is 1.93 bits per heavy atom. The van der Waals surface area contributed by atoms with Gasteiger partial charge in [0, 0.05) is 22.8 Å². The van der Waals surface area contributed by atoms with Gasteiger partial charge in [0.05, 0.1) is 6.42 Å². The molecule has 4 rings (SSSR count). The molecule has 1 fully saturated rings. The summed E-state index contributed by atoms with van der Waals surface area (Å²) in [7, 11) is 0. The van der Waals surface area contributed by atoms with E-state index in [1.54, 1.807) is 29.7 Å². The minimum atomic E-state index is -0.347. The lowest BCUT2D eigenvalue weighted by Gasteiger charge is -2.55. The average Bonchev–Trinajstić information content (AvgIpc) is 2.70. The van der Waals surface area contributed by atoms with E-state index in [9.17, 15) is 9.90 Å². The number of carbonyl (C=O) groups excluding carboxylic acids is 1. The van der Waals surface area contributed by atoms with Gasteiger partial charge in [-0.3, -0.25) is 10.0 Å². The first-order valence-corrected chi connectivity index (χ1v) is 9.97. The van der Waals surface area contributed by atoms with Gasteiger partial charge in [-0.1, -0.05) is 24.3 Å². The first-order chi connectivity index (χ1) is 14.0. The number of phenolic OH excluding ortho intramolecular Hbond substituents is 1. The Labute approximate surface area is 170 Å². The zero-order valence-corrected chi connectivity index (χ0v) is 16.5. The molecule has 29 heavy (non-hydrogen) atoms. The summed E-state index contributed by atoms with van der Waals surface area (Å²) in [5.74, 6) is 0.563. The molecule has 1 atom stereocenters. The largest absolute Gasteiger partial charge is 0.508 e. The van der Waals surface area contributed by atoms with Crippen molar-refractivity contribution in [3.05, 3.63) is 60.2 Å². The van der Waals surface area contributed by atoms with Gasteiger partial charge in [-0.05, 0) is 62.1 Å². The number of rotatable bonds is 6. The second-order valence-corrected chi connectivity index (χ2v) is 7.89. The highest BCUT2D eigenvalue weighted by molar-refractivity contribution is 5.84. The predicted octanol–water partition coefficient (Wildman–Crippen LogP) is 3.88. The maximum atomic E-state index is 12.0. The number of hydrogen-bond acceptors (Lipinski definition) is 5. The lowest BCUT2D eigenvalue weighted by Crippen LogP contribution is -2.60. The maximum absolute atomic E-state index is 12.0. The molecule has 1 unspecified atom stereocenters. The highest BCUT2D eigenvalue weighted by Crippen LogP contribution is 2.48. The van der Waals surface area contributed by atoms with E-state index in [0.29, 0.717) is 12.4 Å². The fraction of sp³-hybridized carbons (Fsp3) is 0.348. The normalized spacial score (nSPS) is 19.6. The Morgan fingerprint density at radius 3 is 2.59 bits per heavy atom. The van der Waals surface area contributed by atoms with Crippen LogP contribution in [0, 0.1) is 0 Å². The van der Waals surface area contributed by atoms with E-state index in [1.807, 2.05) is 12.1 Å². The van der Waals surface area contributed by atoms with Crippen molar-refractivity contribution in [1.82, 2.24) is 5.48 Å². The van der Waals surface area contributed by atoms with Crippen LogP contribution in [0.15, 0.2) is 54.6 Å². The van der Waals surface area contributed by atoms with Crippen LogP contribution in [0.5, 0.6) is 11.5 Å². The molecule has 2 aliphatic rings. The zero-order chi connectivity index (χ0) is 20.4. The molecule has 1 aliphatic carbocycles. The molecule has 0 saturated heterocycles. The highest BCUT2D eigenvalue weighted by Gasteiger charge is 2.47. The van der Waals surface area contributed by atoms with E-state index in [-0.39, 0.29) is 29.7 Å². The molecule has 1 heterocycles. The third-order valence-corrected chi connectivity index (χ3v) is 6.00. The number of nitrogens with zero attached hydrogens (tertiary/aromatic N) is 1. The van der Waals surface area contributed by atoms with Crippen molar-refractivity contribution < 1.29 is 19.8 Å². The Balaban J connectivity index is 1.61. The topological polar surface area (TPSA) is 82.0 Å². The summed E-state index contributed by atoms with van der Waals surface area (Å²) in [5.41, 5.74) is 4.81. The minimum absolute atomic E-state index is 0.0927. The molecule has 0 bridgehead atoms. The zero-order valence-electron chi connectivity index (χ0n) is 16.5. The Hall–Kier alpha value is -2.99. The van der Waals surface area contributed by atoms with Crippen molar-refractivity contribution in [2.24, 2.45) is 0 Å². The summed E-state index contributed by atoms with van der Waals surface area (Å²) >= 11 is 0. The number of anilines is 1. The molecule has 1 amide bonds. The van der Waals surface area contributed by atoms with Crippen molar-refractivity contribution in [3.8, 4) is 11.5 Å².